The Balaban J connectivity index is 1.66. The van der Waals surface area contributed by atoms with Crippen LogP contribution in [0, 0.1) is 6.92 Å². The Labute approximate surface area is 122 Å². The Morgan fingerprint density at radius 1 is 1.48 bits per heavy atom. The Hall–Kier alpha value is -2.37. The molecule has 2 heterocycles. The maximum absolute atomic E-state index is 12.3. The average Bonchev–Trinajstić information content (AvgIpc) is 3.12. The molecule has 3 rings (SSSR count). The number of aromatic amines is 1. The van der Waals surface area contributed by atoms with E-state index in [0.29, 0.717) is 11.4 Å². The Kier molecular flexibility index (Phi) is 3.85. The van der Waals surface area contributed by atoms with Crippen molar-refractivity contribution in [2.45, 2.75) is 38.3 Å². The number of carbonyl (C=O) groups excluding carboxylic acids is 1. The van der Waals surface area contributed by atoms with Crippen LogP contribution in [0.3, 0.4) is 0 Å². The standard InChI is InChI=1S/C15H18N4O2/c1-10-4-3-7-16-14(10)15(20)19-12-5-2-6-13(12)21-11-8-17-18-9-11/h3-4,7-9,12-13H,2,5-6H2,1H3,(H,17,18)(H,19,20)/t12-,13+/m0/s1. The fraction of sp³-hybridized carbons (Fsp3) is 0.400. The van der Waals surface area contributed by atoms with Crippen molar-refractivity contribution in [3.05, 3.63) is 42.0 Å². The summed E-state index contributed by atoms with van der Waals surface area (Å²) in [6, 6.07) is 3.72. The molecule has 1 fully saturated rings. The molecule has 2 aromatic heterocycles. The molecule has 0 spiro atoms. The van der Waals surface area contributed by atoms with Gasteiger partial charge in [0, 0.05) is 6.20 Å². The molecule has 2 aromatic rings. The van der Waals surface area contributed by atoms with Gasteiger partial charge in [-0.1, -0.05) is 6.07 Å². The van der Waals surface area contributed by atoms with Crippen LogP contribution in [-0.4, -0.2) is 33.2 Å². The fourth-order valence-corrected chi connectivity index (χ4v) is 2.67. The third-order valence-corrected chi connectivity index (χ3v) is 3.75. The van der Waals surface area contributed by atoms with Crippen LogP contribution in [0.5, 0.6) is 5.75 Å². The summed E-state index contributed by atoms with van der Waals surface area (Å²) < 4.78 is 5.87. The first-order chi connectivity index (χ1) is 10.2. The van der Waals surface area contributed by atoms with Gasteiger partial charge in [-0.15, -0.1) is 0 Å². The number of hydrogen-bond acceptors (Lipinski definition) is 4. The fourth-order valence-electron chi connectivity index (χ4n) is 2.67. The summed E-state index contributed by atoms with van der Waals surface area (Å²) in [4.78, 5) is 16.5. The summed E-state index contributed by atoms with van der Waals surface area (Å²) >= 11 is 0. The number of aromatic nitrogens is 3. The largest absolute Gasteiger partial charge is 0.485 e. The van der Waals surface area contributed by atoms with Crippen LogP contribution < -0.4 is 10.1 Å². The second-order valence-electron chi connectivity index (χ2n) is 5.27. The number of carbonyl (C=O) groups is 1. The molecule has 1 aliphatic carbocycles. The lowest BCUT2D eigenvalue weighted by Crippen LogP contribution is -2.42. The van der Waals surface area contributed by atoms with Crippen molar-refractivity contribution >= 4 is 5.91 Å². The van der Waals surface area contributed by atoms with Crippen LogP contribution in [0.1, 0.15) is 35.3 Å². The van der Waals surface area contributed by atoms with Crippen LogP contribution in [0.2, 0.25) is 0 Å². The van der Waals surface area contributed by atoms with Crippen LogP contribution >= 0.6 is 0 Å². The van der Waals surface area contributed by atoms with E-state index in [0.717, 1.165) is 24.8 Å². The smallest absolute Gasteiger partial charge is 0.270 e. The lowest BCUT2D eigenvalue weighted by atomic mass is 10.1. The number of pyridine rings is 1. The van der Waals surface area contributed by atoms with Gasteiger partial charge in [-0.05, 0) is 37.8 Å². The Morgan fingerprint density at radius 3 is 3.14 bits per heavy atom. The minimum absolute atomic E-state index is 0.00815. The SMILES string of the molecule is Cc1cccnc1C(=O)N[C@H]1CCC[C@H]1Oc1cn[nH]c1. The normalized spacial score (nSPS) is 21.2. The van der Waals surface area contributed by atoms with Crippen molar-refractivity contribution in [2.75, 3.05) is 0 Å². The molecular formula is C15H18N4O2. The lowest BCUT2D eigenvalue weighted by molar-refractivity contribution is 0.0888. The van der Waals surface area contributed by atoms with Crippen molar-refractivity contribution in [1.82, 2.24) is 20.5 Å². The van der Waals surface area contributed by atoms with Gasteiger partial charge < -0.3 is 10.1 Å². The number of ether oxygens (including phenoxy) is 1. The topological polar surface area (TPSA) is 79.9 Å². The molecular weight excluding hydrogens is 268 g/mol. The zero-order chi connectivity index (χ0) is 14.7. The highest BCUT2D eigenvalue weighted by molar-refractivity contribution is 5.93. The molecule has 21 heavy (non-hydrogen) atoms. The van der Waals surface area contributed by atoms with E-state index in [-0.39, 0.29) is 18.1 Å². The van der Waals surface area contributed by atoms with Gasteiger partial charge in [0.05, 0.1) is 18.4 Å². The maximum atomic E-state index is 12.3. The van der Waals surface area contributed by atoms with E-state index in [4.69, 9.17) is 4.74 Å². The first-order valence-electron chi connectivity index (χ1n) is 7.12. The van der Waals surface area contributed by atoms with Crippen LogP contribution in [0.25, 0.3) is 0 Å². The number of H-pyrrole nitrogens is 1. The summed E-state index contributed by atoms with van der Waals surface area (Å²) in [6.45, 7) is 1.88. The maximum Gasteiger partial charge on any atom is 0.270 e. The Morgan fingerprint density at radius 2 is 2.38 bits per heavy atom. The molecule has 0 aromatic carbocycles. The van der Waals surface area contributed by atoms with E-state index in [2.05, 4.69) is 20.5 Å². The average molecular weight is 286 g/mol. The van der Waals surface area contributed by atoms with E-state index in [9.17, 15) is 4.79 Å². The van der Waals surface area contributed by atoms with Crippen molar-refractivity contribution < 1.29 is 9.53 Å². The van der Waals surface area contributed by atoms with Gasteiger partial charge in [-0.3, -0.25) is 14.9 Å². The van der Waals surface area contributed by atoms with E-state index in [1.54, 1.807) is 18.6 Å². The molecule has 0 saturated heterocycles. The first-order valence-corrected chi connectivity index (χ1v) is 7.12. The Bertz CT molecular complexity index is 612. The third-order valence-electron chi connectivity index (χ3n) is 3.75. The molecule has 0 bridgehead atoms. The minimum Gasteiger partial charge on any atom is -0.485 e. The molecule has 0 radical (unpaired) electrons. The van der Waals surface area contributed by atoms with Crippen molar-refractivity contribution in [1.29, 1.82) is 0 Å². The van der Waals surface area contributed by atoms with Gasteiger partial charge in [0.15, 0.2) is 5.75 Å². The van der Waals surface area contributed by atoms with Crippen LogP contribution in [0.15, 0.2) is 30.7 Å². The highest BCUT2D eigenvalue weighted by atomic mass is 16.5. The third kappa shape index (κ3) is 3.04. The first kappa shape index (κ1) is 13.6. The molecule has 6 nitrogen and oxygen atoms in total. The molecule has 1 amide bonds. The summed E-state index contributed by atoms with van der Waals surface area (Å²) in [5.74, 6) is 0.566. The summed E-state index contributed by atoms with van der Waals surface area (Å²) in [7, 11) is 0. The van der Waals surface area contributed by atoms with Crippen molar-refractivity contribution in [3.8, 4) is 5.75 Å². The van der Waals surface area contributed by atoms with E-state index < -0.39 is 0 Å². The van der Waals surface area contributed by atoms with E-state index in [1.165, 1.54) is 0 Å². The van der Waals surface area contributed by atoms with Crippen molar-refractivity contribution in [3.63, 3.8) is 0 Å². The molecule has 0 unspecified atom stereocenters. The molecule has 1 saturated carbocycles. The van der Waals surface area contributed by atoms with Gasteiger partial charge >= 0.3 is 0 Å². The van der Waals surface area contributed by atoms with E-state index >= 15 is 0 Å². The lowest BCUT2D eigenvalue weighted by Gasteiger charge is -2.21. The molecule has 0 aliphatic heterocycles. The highest BCUT2D eigenvalue weighted by Crippen LogP contribution is 2.24. The van der Waals surface area contributed by atoms with Gasteiger partial charge in [0.2, 0.25) is 0 Å². The monoisotopic (exact) mass is 286 g/mol. The quantitative estimate of drug-likeness (QED) is 0.898. The zero-order valence-electron chi connectivity index (χ0n) is 11.9. The summed E-state index contributed by atoms with van der Waals surface area (Å²) in [5.41, 5.74) is 1.35. The van der Waals surface area contributed by atoms with Gasteiger partial charge in [0.1, 0.15) is 11.8 Å². The van der Waals surface area contributed by atoms with E-state index in [1.807, 2.05) is 19.1 Å². The number of nitrogens with one attached hydrogen (secondary N) is 2. The second kappa shape index (κ2) is 5.95. The molecule has 6 heteroatoms. The summed E-state index contributed by atoms with van der Waals surface area (Å²) in [5, 5.41) is 9.62. The molecule has 2 N–H and O–H groups in total. The predicted octanol–water partition coefficient (Wildman–Crippen LogP) is 1.84. The second-order valence-corrected chi connectivity index (χ2v) is 5.27. The summed E-state index contributed by atoms with van der Waals surface area (Å²) in [6.07, 6.45) is 7.85. The molecule has 1 aliphatic rings. The van der Waals surface area contributed by atoms with Gasteiger partial charge in [-0.2, -0.15) is 5.10 Å². The highest BCUT2D eigenvalue weighted by Gasteiger charge is 2.31. The molecule has 2 atom stereocenters. The zero-order valence-corrected chi connectivity index (χ0v) is 11.9. The minimum atomic E-state index is -0.138. The van der Waals surface area contributed by atoms with Gasteiger partial charge in [0.25, 0.3) is 5.91 Å². The predicted molar refractivity (Wildman–Crippen MR) is 77.1 cm³/mol. The van der Waals surface area contributed by atoms with Crippen molar-refractivity contribution in [2.24, 2.45) is 0 Å². The molecule has 110 valence electrons. The number of aryl methyl sites for hydroxylation is 1. The number of nitrogens with zero attached hydrogens (tertiary/aromatic N) is 2. The number of rotatable bonds is 4. The van der Waals surface area contributed by atoms with Crippen LogP contribution in [-0.2, 0) is 0 Å². The van der Waals surface area contributed by atoms with Crippen LogP contribution in [0.4, 0.5) is 0 Å². The number of hydrogen-bond donors (Lipinski definition) is 2. The number of amides is 1. The van der Waals surface area contributed by atoms with Gasteiger partial charge in [-0.25, -0.2) is 0 Å².